The topological polar surface area (TPSA) is 62.5 Å². The minimum absolute atomic E-state index is 0.238. The van der Waals surface area contributed by atoms with Gasteiger partial charge in [0.15, 0.2) is 5.69 Å². The highest BCUT2D eigenvalue weighted by molar-refractivity contribution is 9.11. The third-order valence-electron chi connectivity index (χ3n) is 4.17. The zero-order chi connectivity index (χ0) is 20.4. The molecule has 0 bridgehead atoms. The van der Waals surface area contributed by atoms with Crippen LogP contribution >= 0.6 is 47.8 Å². The number of aromatic nitrogens is 2. The van der Waals surface area contributed by atoms with Crippen LogP contribution in [0.4, 0.5) is 11.4 Å². The molecule has 1 N–H and O–H groups in total. The summed E-state index contributed by atoms with van der Waals surface area (Å²) >= 11 is 10.4. The summed E-state index contributed by atoms with van der Waals surface area (Å²) < 4.78 is 3.88. The Morgan fingerprint density at radius 3 is 1.93 bits per heavy atom. The molecule has 1 heterocycles. The van der Waals surface area contributed by atoms with Gasteiger partial charge in [0.1, 0.15) is 5.69 Å². The standard InChI is InChI=1S/C21H13Br3N4O/c22-14-11-16(23)19(17(24)12-14)25-26-20-18(13-7-3-1-4-8-13)27-28(21(20)29)15-9-5-2-6-10-15/h1-12,27H. The number of benzene rings is 3. The van der Waals surface area contributed by atoms with Crippen LogP contribution < -0.4 is 5.56 Å². The van der Waals surface area contributed by atoms with E-state index in [9.17, 15) is 4.79 Å². The number of hydrogen-bond acceptors (Lipinski definition) is 3. The smallest absolute Gasteiger partial charge is 0.288 e. The van der Waals surface area contributed by atoms with E-state index in [0.29, 0.717) is 11.4 Å². The van der Waals surface area contributed by atoms with Gasteiger partial charge in [-0.1, -0.05) is 64.5 Å². The number of halogens is 3. The minimum Gasteiger partial charge on any atom is -0.288 e. The SMILES string of the molecule is O=c1c(N=Nc2c(Br)cc(Br)cc2Br)c(-c2ccccc2)[nH]n1-c1ccccc1. The molecule has 0 atom stereocenters. The summed E-state index contributed by atoms with van der Waals surface area (Å²) in [5.41, 5.74) is 2.74. The molecular weight excluding hydrogens is 564 g/mol. The number of aromatic amines is 1. The normalized spacial score (nSPS) is 11.3. The van der Waals surface area contributed by atoms with Crippen molar-refractivity contribution in [3.8, 4) is 16.9 Å². The van der Waals surface area contributed by atoms with Gasteiger partial charge in [-0.05, 0) is 56.1 Å². The van der Waals surface area contributed by atoms with Crippen molar-refractivity contribution < 1.29 is 0 Å². The van der Waals surface area contributed by atoms with Crippen molar-refractivity contribution >= 4 is 59.2 Å². The predicted molar refractivity (Wildman–Crippen MR) is 126 cm³/mol. The number of hydrogen-bond donors (Lipinski definition) is 1. The van der Waals surface area contributed by atoms with E-state index in [2.05, 4.69) is 63.1 Å². The molecule has 8 heteroatoms. The number of nitrogens with one attached hydrogen (secondary N) is 1. The van der Waals surface area contributed by atoms with Crippen molar-refractivity contribution in [2.45, 2.75) is 0 Å². The Morgan fingerprint density at radius 2 is 1.31 bits per heavy atom. The molecule has 0 aliphatic carbocycles. The van der Waals surface area contributed by atoms with Gasteiger partial charge in [-0.25, -0.2) is 4.68 Å². The van der Waals surface area contributed by atoms with Gasteiger partial charge < -0.3 is 0 Å². The Labute approximate surface area is 191 Å². The van der Waals surface area contributed by atoms with Gasteiger partial charge in [0.25, 0.3) is 5.56 Å². The van der Waals surface area contributed by atoms with Crippen LogP contribution in [0.1, 0.15) is 0 Å². The van der Waals surface area contributed by atoms with Crippen LogP contribution in [0.3, 0.4) is 0 Å². The van der Waals surface area contributed by atoms with Crippen LogP contribution in [0.5, 0.6) is 0 Å². The first-order valence-corrected chi connectivity index (χ1v) is 10.9. The third-order valence-corrected chi connectivity index (χ3v) is 5.84. The lowest BCUT2D eigenvalue weighted by Gasteiger charge is -2.02. The van der Waals surface area contributed by atoms with Crippen LogP contribution in [-0.4, -0.2) is 9.78 Å². The van der Waals surface area contributed by atoms with E-state index in [0.717, 1.165) is 24.7 Å². The zero-order valence-electron chi connectivity index (χ0n) is 14.8. The molecule has 0 unspecified atom stereocenters. The maximum absolute atomic E-state index is 13.2. The zero-order valence-corrected chi connectivity index (χ0v) is 19.6. The number of azo groups is 1. The Morgan fingerprint density at radius 1 is 0.759 bits per heavy atom. The fourth-order valence-electron chi connectivity index (χ4n) is 2.82. The van der Waals surface area contributed by atoms with Crippen LogP contribution in [-0.2, 0) is 0 Å². The molecule has 0 saturated carbocycles. The summed E-state index contributed by atoms with van der Waals surface area (Å²) in [6, 6.07) is 22.7. The molecule has 1 aromatic heterocycles. The van der Waals surface area contributed by atoms with E-state index in [4.69, 9.17) is 0 Å². The molecule has 0 radical (unpaired) electrons. The molecule has 0 aliphatic heterocycles. The molecule has 3 aromatic carbocycles. The lowest BCUT2D eigenvalue weighted by molar-refractivity contribution is 0.852. The summed E-state index contributed by atoms with van der Waals surface area (Å²) in [7, 11) is 0. The first kappa shape index (κ1) is 20.0. The Bertz CT molecular complexity index is 1230. The molecule has 29 heavy (non-hydrogen) atoms. The molecular formula is C21H13Br3N4O. The Kier molecular flexibility index (Phi) is 5.94. The highest BCUT2D eigenvalue weighted by Gasteiger charge is 2.17. The molecule has 0 aliphatic rings. The lowest BCUT2D eigenvalue weighted by atomic mass is 10.1. The van der Waals surface area contributed by atoms with Gasteiger partial charge in [-0.2, -0.15) is 0 Å². The average Bonchev–Trinajstić information content (AvgIpc) is 3.05. The second kappa shape index (κ2) is 8.61. The minimum atomic E-state index is -0.275. The van der Waals surface area contributed by atoms with Gasteiger partial charge in [0.05, 0.1) is 11.4 Å². The van der Waals surface area contributed by atoms with E-state index in [-0.39, 0.29) is 11.2 Å². The maximum atomic E-state index is 13.2. The van der Waals surface area contributed by atoms with Crippen molar-refractivity contribution in [2.75, 3.05) is 0 Å². The highest BCUT2D eigenvalue weighted by Crippen LogP contribution is 2.38. The van der Waals surface area contributed by atoms with E-state index < -0.39 is 0 Å². The molecule has 144 valence electrons. The Hall–Kier alpha value is -2.29. The van der Waals surface area contributed by atoms with Gasteiger partial charge in [0.2, 0.25) is 0 Å². The number of H-pyrrole nitrogens is 1. The van der Waals surface area contributed by atoms with E-state index in [1.54, 1.807) is 0 Å². The third kappa shape index (κ3) is 4.19. The second-order valence-corrected chi connectivity index (χ2v) is 8.72. The van der Waals surface area contributed by atoms with Crippen LogP contribution in [0, 0.1) is 0 Å². The van der Waals surface area contributed by atoms with Crippen LogP contribution in [0.25, 0.3) is 16.9 Å². The van der Waals surface area contributed by atoms with Gasteiger partial charge in [0, 0.05) is 19.0 Å². The molecule has 0 amide bonds. The Balaban J connectivity index is 1.88. The van der Waals surface area contributed by atoms with Gasteiger partial charge >= 0.3 is 0 Å². The van der Waals surface area contributed by atoms with Gasteiger partial charge in [-0.15, -0.1) is 10.2 Å². The largest absolute Gasteiger partial charge is 0.299 e. The van der Waals surface area contributed by atoms with Crippen molar-refractivity contribution in [3.05, 3.63) is 96.6 Å². The number of para-hydroxylation sites is 1. The van der Waals surface area contributed by atoms with Crippen molar-refractivity contribution in [3.63, 3.8) is 0 Å². The van der Waals surface area contributed by atoms with Crippen molar-refractivity contribution in [2.24, 2.45) is 10.2 Å². The number of rotatable bonds is 4. The predicted octanol–water partition coefficient (Wildman–Crippen LogP) is 7.54. The van der Waals surface area contributed by atoms with Crippen molar-refractivity contribution in [1.82, 2.24) is 9.78 Å². The highest BCUT2D eigenvalue weighted by atomic mass is 79.9. The summed E-state index contributed by atoms with van der Waals surface area (Å²) in [6.45, 7) is 0. The molecule has 5 nitrogen and oxygen atoms in total. The molecule has 4 rings (SSSR count). The number of nitrogens with zero attached hydrogens (tertiary/aromatic N) is 3. The quantitative estimate of drug-likeness (QED) is 0.251. The van der Waals surface area contributed by atoms with E-state index >= 15 is 0 Å². The van der Waals surface area contributed by atoms with E-state index in [1.165, 1.54) is 4.68 Å². The van der Waals surface area contributed by atoms with Crippen LogP contribution in [0.2, 0.25) is 0 Å². The summed E-state index contributed by atoms with van der Waals surface area (Å²) in [4.78, 5) is 13.2. The lowest BCUT2D eigenvalue weighted by Crippen LogP contribution is -2.13. The molecule has 0 fully saturated rings. The molecule has 0 spiro atoms. The fraction of sp³-hybridized carbons (Fsp3) is 0. The summed E-state index contributed by atoms with van der Waals surface area (Å²) in [5, 5.41) is 11.9. The van der Waals surface area contributed by atoms with Crippen molar-refractivity contribution in [1.29, 1.82) is 0 Å². The van der Waals surface area contributed by atoms with Gasteiger partial charge in [-0.3, -0.25) is 9.89 Å². The monoisotopic (exact) mass is 574 g/mol. The maximum Gasteiger partial charge on any atom is 0.299 e. The fourth-order valence-corrected chi connectivity index (χ4v) is 5.23. The summed E-state index contributed by atoms with van der Waals surface area (Å²) in [5.74, 6) is 0. The first-order chi connectivity index (χ1) is 14.0. The van der Waals surface area contributed by atoms with Crippen LogP contribution in [0.15, 0.2) is 101 Å². The van der Waals surface area contributed by atoms with E-state index in [1.807, 2.05) is 72.8 Å². The first-order valence-electron chi connectivity index (χ1n) is 8.57. The summed E-state index contributed by atoms with van der Waals surface area (Å²) in [6.07, 6.45) is 0. The molecule has 4 aromatic rings. The average molecular weight is 577 g/mol. The second-order valence-electron chi connectivity index (χ2n) is 6.10. The molecule has 0 saturated heterocycles.